The molecule has 1 fully saturated rings. The lowest BCUT2D eigenvalue weighted by Gasteiger charge is -2.29. The molecule has 1 saturated heterocycles. The number of hydrogen-bond donors (Lipinski definition) is 1. The highest BCUT2D eigenvalue weighted by Crippen LogP contribution is 2.31. The molecule has 2 aliphatic heterocycles. The Hall–Kier alpha value is -2.14. The monoisotopic (exact) mass is 314 g/mol. The van der Waals surface area contributed by atoms with Crippen LogP contribution in [-0.2, 0) is 9.53 Å². The van der Waals surface area contributed by atoms with Gasteiger partial charge in [0.05, 0.1) is 0 Å². The van der Waals surface area contributed by atoms with Crippen LogP contribution in [0.25, 0.3) is 16.5 Å². The number of benzene rings is 1. The fourth-order valence-corrected chi connectivity index (χ4v) is 3.61. The molecule has 0 radical (unpaired) electrons. The first-order valence-electron chi connectivity index (χ1n) is 8.02. The Morgan fingerprint density at radius 1 is 1.39 bits per heavy atom. The molecule has 2 aliphatic rings. The number of esters is 1. The van der Waals surface area contributed by atoms with E-state index in [1.807, 2.05) is 19.2 Å². The Morgan fingerprint density at radius 3 is 2.96 bits per heavy atom. The van der Waals surface area contributed by atoms with Gasteiger partial charge in [-0.1, -0.05) is 6.08 Å². The van der Waals surface area contributed by atoms with Gasteiger partial charge in [0.2, 0.25) is 0 Å². The topological polar surface area (TPSA) is 45.3 Å². The van der Waals surface area contributed by atoms with Gasteiger partial charge in [0.15, 0.2) is 0 Å². The number of aromatic nitrogens is 1. The normalized spacial score (nSPS) is 25.7. The number of ether oxygens (including phenoxy) is 1. The van der Waals surface area contributed by atoms with Crippen molar-refractivity contribution in [2.45, 2.75) is 31.9 Å². The quantitative estimate of drug-likeness (QED) is 0.866. The van der Waals surface area contributed by atoms with Gasteiger partial charge in [-0.05, 0) is 37.1 Å². The summed E-state index contributed by atoms with van der Waals surface area (Å²) in [4.78, 5) is 17.2. The third-order valence-electron chi connectivity index (χ3n) is 4.82. The lowest BCUT2D eigenvalue weighted by atomic mass is 9.97. The van der Waals surface area contributed by atoms with Crippen LogP contribution in [0, 0.1) is 5.82 Å². The fourth-order valence-electron chi connectivity index (χ4n) is 3.61. The summed E-state index contributed by atoms with van der Waals surface area (Å²) in [5.41, 5.74) is 3.19. The van der Waals surface area contributed by atoms with E-state index < -0.39 is 0 Å². The van der Waals surface area contributed by atoms with E-state index in [0.29, 0.717) is 0 Å². The van der Waals surface area contributed by atoms with Gasteiger partial charge in [-0.15, -0.1) is 0 Å². The smallest absolute Gasteiger partial charge is 0.323 e. The van der Waals surface area contributed by atoms with Crippen molar-refractivity contribution in [3.8, 4) is 0 Å². The van der Waals surface area contributed by atoms with E-state index in [-0.39, 0.29) is 23.9 Å². The van der Waals surface area contributed by atoms with E-state index in [1.54, 1.807) is 0 Å². The Kier molecular flexibility index (Phi) is 3.45. The third kappa shape index (κ3) is 2.55. The minimum atomic E-state index is -0.233. The zero-order valence-corrected chi connectivity index (χ0v) is 13.0. The number of rotatable bonds is 2. The summed E-state index contributed by atoms with van der Waals surface area (Å²) in [7, 11) is 0. The van der Waals surface area contributed by atoms with Crippen molar-refractivity contribution in [3.05, 3.63) is 41.9 Å². The van der Waals surface area contributed by atoms with Crippen LogP contribution in [0.4, 0.5) is 4.39 Å². The molecule has 4 rings (SSSR count). The summed E-state index contributed by atoms with van der Waals surface area (Å²) in [6.45, 7) is 3.52. The van der Waals surface area contributed by atoms with Crippen molar-refractivity contribution in [3.63, 3.8) is 0 Å². The minimum absolute atomic E-state index is 0.0152. The zero-order valence-electron chi connectivity index (χ0n) is 13.0. The largest absolute Gasteiger partial charge is 0.461 e. The molecular formula is C18H19FN2O2. The van der Waals surface area contributed by atoms with Crippen molar-refractivity contribution in [2.75, 3.05) is 13.1 Å². The highest BCUT2D eigenvalue weighted by molar-refractivity contribution is 5.92. The number of aromatic amines is 1. The van der Waals surface area contributed by atoms with Crippen molar-refractivity contribution in [1.82, 2.24) is 9.88 Å². The first-order chi connectivity index (χ1) is 11.1. The zero-order chi connectivity index (χ0) is 16.0. The molecule has 0 unspecified atom stereocenters. The maximum atomic E-state index is 13.3. The number of nitrogens with zero attached hydrogens (tertiary/aromatic N) is 1. The lowest BCUT2D eigenvalue weighted by Crippen LogP contribution is -2.41. The Balaban J connectivity index is 1.56. The second-order valence-corrected chi connectivity index (χ2v) is 6.37. The van der Waals surface area contributed by atoms with Crippen LogP contribution in [0.15, 0.2) is 30.5 Å². The molecular weight excluding hydrogens is 295 g/mol. The molecule has 23 heavy (non-hydrogen) atoms. The Morgan fingerprint density at radius 2 is 2.26 bits per heavy atom. The van der Waals surface area contributed by atoms with E-state index in [4.69, 9.17) is 4.74 Å². The van der Waals surface area contributed by atoms with E-state index in [9.17, 15) is 9.18 Å². The minimum Gasteiger partial charge on any atom is -0.461 e. The highest BCUT2D eigenvalue weighted by atomic mass is 19.1. The van der Waals surface area contributed by atoms with Gasteiger partial charge < -0.3 is 9.72 Å². The summed E-state index contributed by atoms with van der Waals surface area (Å²) < 4.78 is 18.5. The SMILES string of the molecule is C[C@@H]1C[C@H](N2CC=C(c3c[nH]c4cc(F)ccc34)CC2)C(=O)O1. The lowest BCUT2D eigenvalue weighted by molar-refractivity contribution is -0.144. The number of cyclic esters (lactones) is 1. The van der Waals surface area contributed by atoms with Crippen LogP contribution in [0.2, 0.25) is 0 Å². The van der Waals surface area contributed by atoms with Crippen LogP contribution >= 0.6 is 0 Å². The van der Waals surface area contributed by atoms with E-state index in [0.717, 1.165) is 42.4 Å². The van der Waals surface area contributed by atoms with E-state index in [2.05, 4.69) is 16.0 Å². The molecule has 0 spiro atoms. The molecule has 2 atom stereocenters. The predicted molar refractivity (Wildman–Crippen MR) is 86.4 cm³/mol. The molecule has 2 aromatic rings. The number of nitrogens with one attached hydrogen (secondary N) is 1. The average Bonchev–Trinajstić information content (AvgIpc) is 3.10. The number of halogens is 1. The molecule has 0 amide bonds. The number of H-pyrrole nitrogens is 1. The molecule has 0 bridgehead atoms. The number of carbonyl (C=O) groups is 1. The van der Waals surface area contributed by atoms with Gasteiger partial charge in [0.25, 0.3) is 0 Å². The number of hydrogen-bond acceptors (Lipinski definition) is 3. The summed E-state index contributed by atoms with van der Waals surface area (Å²) in [6, 6.07) is 4.72. The van der Waals surface area contributed by atoms with Crippen LogP contribution in [0.5, 0.6) is 0 Å². The van der Waals surface area contributed by atoms with Crippen molar-refractivity contribution in [2.24, 2.45) is 0 Å². The standard InChI is InChI=1S/C18H19FN2O2/c1-11-8-17(18(22)23-11)21-6-4-12(5-7-21)15-10-20-16-9-13(19)2-3-14(15)16/h2-4,9-11,17,20H,5-8H2,1H3/t11-,17+/m1/s1. The second-order valence-electron chi connectivity index (χ2n) is 6.37. The molecule has 1 N–H and O–H groups in total. The van der Waals surface area contributed by atoms with E-state index in [1.165, 1.54) is 17.7 Å². The predicted octanol–water partition coefficient (Wildman–Crippen LogP) is 3.10. The Labute approximate surface area is 133 Å². The van der Waals surface area contributed by atoms with E-state index >= 15 is 0 Å². The first-order valence-corrected chi connectivity index (χ1v) is 8.02. The number of carbonyl (C=O) groups excluding carboxylic acids is 1. The maximum absolute atomic E-state index is 13.3. The van der Waals surface area contributed by atoms with Gasteiger partial charge in [0.1, 0.15) is 18.0 Å². The second kappa shape index (κ2) is 5.49. The molecule has 1 aromatic heterocycles. The molecule has 5 heteroatoms. The first kappa shape index (κ1) is 14.5. The molecule has 3 heterocycles. The van der Waals surface area contributed by atoms with Gasteiger partial charge >= 0.3 is 5.97 Å². The van der Waals surface area contributed by atoms with Crippen molar-refractivity contribution >= 4 is 22.4 Å². The van der Waals surface area contributed by atoms with Crippen molar-refractivity contribution in [1.29, 1.82) is 0 Å². The summed E-state index contributed by atoms with van der Waals surface area (Å²) in [5.74, 6) is -0.333. The number of fused-ring (bicyclic) bond motifs is 1. The Bertz CT molecular complexity index is 795. The van der Waals surface area contributed by atoms with Gasteiger partial charge in [-0.25, -0.2) is 4.39 Å². The summed E-state index contributed by atoms with van der Waals surface area (Å²) in [6.07, 6.45) is 5.78. The third-order valence-corrected chi connectivity index (χ3v) is 4.82. The van der Waals surface area contributed by atoms with Crippen molar-refractivity contribution < 1.29 is 13.9 Å². The van der Waals surface area contributed by atoms with Crippen LogP contribution in [-0.4, -0.2) is 41.1 Å². The molecule has 0 saturated carbocycles. The van der Waals surface area contributed by atoms with Gasteiger partial charge in [0, 0.05) is 42.2 Å². The molecule has 0 aliphatic carbocycles. The van der Waals surface area contributed by atoms with Crippen LogP contribution in [0.3, 0.4) is 0 Å². The molecule has 1 aromatic carbocycles. The fraction of sp³-hybridized carbons (Fsp3) is 0.389. The van der Waals surface area contributed by atoms with Crippen LogP contribution in [0.1, 0.15) is 25.3 Å². The average molecular weight is 314 g/mol. The highest BCUT2D eigenvalue weighted by Gasteiger charge is 2.36. The van der Waals surface area contributed by atoms with Gasteiger partial charge in [-0.2, -0.15) is 0 Å². The van der Waals surface area contributed by atoms with Crippen LogP contribution < -0.4 is 0 Å². The summed E-state index contributed by atoms with van der Waals surface area (Å²) in [5, 5.41) is 1.04. The summed E-state index contributed by atoms with van der Waals surface area (Å²) >= 11 is 0. The maximum Gasteiger partial charge on any atom is 0.323 e. The van der Waals surface area contributed by atoms with Gasteiger partial charge in [-0.3, -0.25) is 9.69 Å². The molecule has 4 nitrogen and oxygen atoms in total. The molecule has 120 valence electrons.